The third-order valence-electron chi connectivity index (χ3n) is 4.85. The highest BCUT2D eigenvalue weighted by atomic mass is 16.1. The molecule has 3 aromatic heterocycles. The number of carbonyl (C=O) groups is 1. The van der Waals surface area contributed by atoms with Gasteiger partial charge in [0.25, 0.3) is 5.91 Å². The minimum absolute atomic E-state index is 0.153. The maximum absolute atomic E-state index is 12.8. The number of para-hydroxylation sites is 1. The van der Waals surface area contributed by atoms with Gasteiger partial charge in [0.2, 0.25) is 0 Å². The van der Waals surface area contributed by atoms with E-state index < -0.39 is 0 Å². The number of anilines is 1. The van der Waals surface area contributed by atoms with Gasteiger partial charge in [0, 0.05) is 41.6 Å². The van der Waals surface area contributed by atoms with Crippen molar-refractivity contribution in [2.75, 3.05) is 5.32 Å². The Balaban J connectivity index is 1.42. The zero-order chi connectivity index (χ0) is 19.6. The van der Waals surface area contributed by atoms with Gasteiger partial charge >= 0.3 is 0 Å². The van der Waals surface area contributed by atoms with Crippen LogP contribution in [-0.2, 0) is 0 Å². The van der Waals surface area contributed by atoms with Gasteiger partial charge in [-0.15, -0.1) is 0 Å². The molecule has 0 atom stereocenters. The fourth-order valence-corrected chi connectivity index (χ4v) is 3.37. The van der Waals surface area contributed by atoms with Crippen LogP contribution in [0.3, 0.4) is 0 Å². The molecular formula is C24H18N4O. The highest BCUT2D eigenvalue weighted by Crippen LogP contribution is 2.28. The molecule has 140 valence electrons. The van der Waals surface area contributed by atoms with E-state index in [4.69, 9.17) is 0 Å². The van der Waals surface area contributed by atoms with Gasteiger partial charge in [-0.25, -0.2) is 4.98 Å². The Kier molecular flexibility index (Phi) is 4.18. The standard InChI is InChI=1S/C24H18N4O/c29-24(18-10-12-19(13-11-18)27-14-5-6-15-27)26-21-8-2-1-7-20(21)22-17-28-16-4-3-9-23(28)25-22/h1-17H,(H,26,29). The number of nitrogens with one attached hydrogen (secondary N) is 1. The van der Waals surface area contributed by atoms with Crippen LogP contribution in [0, 0.1) is 0 Å². The molecule has 0 radical (unpaired) electrons. The van der Waals surface area contributed by atoms with E-state index >= 15 is 0 Å². The molecule has 0 saturated heterocycles. The summed E-state index contributed by atoms with van der Waals surface area (Å²) in [5.41, 5.74) is 4.91. The summed E-state index contributed by atoms with van der Waals surface area (Å²) in [7, 11) is 0. The maximum atomic E-state index is 12.8. The van der Waals surface area contributed by atoms with Gasteiger partial charge < -0.3 is 14.3 Å². The lowest BCUT2D eigenvalue weighted by atomic mass is 10.1. The van der Waals surface area contributed by atoms with Crippen LogP contribution in [0.5, 0.6) is 0 Å². The normalized spacial score (nSPS) is 10.9. The second kappa shape index (κ2) is 7.13. The summed E-state index contributed by atoms with van der Waals surface area (Å²) in [5.74, 6) is -0.153. The lowest BCUT2D eigenvalue weighted by molar-refractivity contribution is 0.102. The number of fused-ring (bicyclic) bond motifs is 1. The molecule has 0 unspecified atom stereocenters. The first-order valence-corrected chi connectivity index (χ1v) is 9.36. The molecule has 5 heteroatoms. The van der Waals surface area contributed by atoms with Crippen molar-refractivity contribution in [1.29, 1.82) is 0 Å². The molecule has 1 amide bonds. The zero-order valence-electron chi connectivity index (χ0n) is 15.6. The zero-order valence-corrected chi connectivity index (χ0v) is 15.6. The van der Waals surface area contributed by atoms with Crippen LogP contribution in [0.2, 0.25) is 0 Å². The molecule has 0 saturated carbocycles. The van der Waals surface area contributed by atoms with E-state index in [1.54, 1.807) is 0 Å². The first kappa shape index (κ1) is 17.0. The third kappa shape index (κ3) is 3.30. The number of imidazole rings is 1. The molecule has 2 aromatic carbocycles. The summed E-state index contributed by atoms with van der Waals surface area (Å²) in [5, 5.41) is 3.03. The van der Waals surface area contributed by atoms with Crippen LogP contribution in [0.4, 0.5) is 5.69 Å². The van der Waals surface area contributed by atoms with Gasteiger partial charge in [-0.1, -0.05) is 24.3 Å². The fourth-order valence-electron chi connectivity index (χ4n) is 3.37. The molecular weight excluding hydrogens is 360 g/mol. The first-order valence-electron chi connectivity index (χ1n) is 9.36. The second-order valence-corrected chi connectivity index (χ2v) is 6.73. The number of carbonyl (C=O) groups excluding carboxylic acids is 1. The summed E-state index contributed by atoms with van der Waals surface area (Å²) >= 11 is 0. The molecule has 0 aliphatic heterocycles. The Bertz CT molecular complexity index is 1250. The predicted molar refractivity (Wildman–Crippen MR) is 114 cm³/mol. The average molecular weight is 378 g/mol. The molecule has 0 fully saturated rings. The third-order valence-corrected chi connectivity index (χ3v) is 4.85. The molecule has 1 N–H and O–H groups in total. The van der Waals surface area contributed by atoms with Crippen molar-refractivity contribution in [3.05, 3.63) is 109 Å². The van der Waals surface area contributed by atoms with Gasteiger partial charge in [0.15, 0.2) is 0 Å². The van der Waals surface area contributed by atoms with Gasteiger partial charge in [0.1, 0.15) is 5.65 Å². The van der Waals surface area contributed by atoms with E-state index in [2.05, 4.69) is 10.3 Å². The number of rotatable bonds is 4. The number of amides is 1. The van der Waals surface area contributed by atoms with Crippen LogP contribution in [0.25, 0.3) is 22.6 Å². The largest absolute Gasteiger partial charge is 0.324 e. The van der Waals surface area contributed by atoms with Gasteiger partial charge in [0.05, 0.1) is 11.4 Å². The number of benzene rings is 2. The van der Waals surface area contributed by atoms with Gasteiger partial charge in [-0.2, -0.15) is 0 Å². The molecule has 3 heterocycles. The topological polar surface area (TPSA) is 51.3 Å². The van der Waals surface area contributed by atoms with E-state index in [0.717, 1.165) is 28.3 Å². The Labute approximate surface area is 167 Å². The molecule has 5 rings (SSSR count). The molecule has 0 aliphatic rings. The van der Waals surface area contributed by atoms with Crippen molar-refractivity contribution in [3.8, 4) is 16.9 Å². The predicted octanol–water partition coefficient (Wildman–Crippen LogP) is 5.04. The maximum Gasteiger partial charge on any atom is 0.255 e. The smallest absolute Gasteiger partial charge is 0.255 e. The van der Waals surface area contributed by atoms with Crippen molar-refractivity contribution in [3.63, 3.8) is 0 Å². The van der Waals surface area contributed by atoms with Crippen LogP contribution in [0.1, 0.15) is 10.4 Å². The van der Waals surface area contributed by atoms with Crippen LogP contribution in [-0.4, -0.2) is 19.9 Å². The number of nitrogens with zero attached hydrogens (tertiary/aromatic N) is 3. The Morgan fingerprint density at radius 2 is 1.52 bits per heavy atom. The van der Waals surface area contributed by atoms with Crippen LogP contribution >= 0.6 is 0 Å². The lowest BCUT2D eigenvalue weighted by Gasteiger charge is -2.10. The fraction of sp³-hybridized carbons (Fsp3) is 0. The number of aromatic nitrogens is 3. The highest BCUT2D eigenvalue weighted by molar-refractivity contribution is 6.06. The van der Waals surface area contributed by atoms with Crippen molar-refractivity contribution in [2.45, 2.75) is 0 Å². The SMILES string of the molecule is O=C(Nc1ccccc1-c1cn2ccccc2n1)c1ccc(-n2cccc2)cc1. The number of hydrogen-bond acceptors (Lipinski definition) is 2. The van der Waals surface area contributed by atoms with Crippen molar-refractivity contribution in [2.24, 2.45) is 0 Å². The van der Waals surface area contributed by atoms with E-state index in [9.17, 15) is 4.79 Å². The van der Waals surface area contributed by atoms with E-state index in [1.165, 1.54) is 0 Å². The molecule has 29 heavy (non-hydrogen) atoms. The van der Waals surface area contributed by atoms with E-state index in [-0.39, 0.29) is 5.91 Å². The minimum atomic E-state index is -0.153. The van der Waals surface area contributed by atoms with Crippen LogP contribution < -0.4 is 5.32 Å². The number of hydrogen-bond donors (Lipinski definition) is 1. The number of pyridine rings is 1. The summed E-state index contributed by atoms with van der Waals surface area (Å²) < 4.78 is 3.97. The minimum Gasteiger partial charge on any atom is -0.324 e. The summed E-state index contributed by atoms with van der Waals surface area (Å²) in [6, 6.07) is 25.1. The Hall–Kier alpha value is -4.12. The van der Waals surface area contributed by atoms with Gasteiger partial charge in [-0.3, -0.25) is 4.79 Å². The molecule has 0 spiro atoms. The molecule has 0 aliphatic carbocycles. The summed E-state index contributed by atoms with van der Waals surface area (Å²) in [6.07, 6.45) is 7.87. The van der Waals surface area contributed by atoms with Crippen molar-refractivity contribution >= 4 is 17.2 Å². The van der Waals surface area contributed by atoms with Crippen molar-refractivity contribution in [1.82, 2.24) is 14.0 Å². The van der Waals surface area contributed by atoms with Crippen molar-refractivity contribution < 1.29 is 4.79 Å². The quantitative estimate of drug-likeness (QED) is 0.476. The summed E-state index contributed by atoms with van der Waals surface area (Å²) in [6.45, 7) is 0. The lowest BCUT2D eigenvalue weighted by Crippen LogP contribution is -2.12. The second-order valence-electron chi connectivity index (χ2n) is 6.73. The first-order chi connectivity index (χ1) is 14.3. The monoisotopic (exact) mass is 378 g/mol. The molecule has 5 aromatic rings. The highest BCUT2D eigenvalue weighted by Gasteiger charge is 2.12. The Morgan fingerprint density at radius 3 is 2.31 bits per heavy atom. The molecule has 0 bridgehead atoms. The van der Waals surface area contributed by atoms with Gasteiger partial charge in [-0.05, 0) is 54.6 Å². The summed E-state index contributed by atoms with van der Waals surface area (Å²) in [4.78, 5) is 17.5. The average Bonchev–Trinajstić information content (AvgIpc) is 3.44. The van der Waals surface area contributed by atoms with Crippen LogP contribution in [0.15, 0.2) is 104 Å². The van der Waals surface area contributed by atoms with E-state index in [0.29, 0.717) is 5.56 Å². The Morgan fingerprint density at radius 1 is 0.793 bits per heavy atom. The molecule has 5 nitrogen and oxygen atoms in total. The van der Waals surface area contributed by atoms with E-state index in [1.807, 2.05) is 113 Å².